The molecule has 1 N–H and O–H groups in total. The van der Waals surface area contributed by atoms with E-state index in [2.05, 4.69) is 78.3 Å². The molecule has 4 heterocycles. The summed E-state index contributed by atoms with van der Waals surface area (Å²) in [5.41, 5.74) is 5.25. The first-order chi connectivity index (χ1) is 15.6. The average molecular weight is 441 g/mol. The number of anilines is 2. The predicted octanol–water partition coefficient (Wildman–Crippen LogP) is 4.51. The molecule has 4 aromatic rings. The molecule has 7 heteroatoms. The highest BCUT2D eigenvalue weighted by molar-refractivity contribution is 7.80. The first kappa shape index (κ1) is 20.2. The number of thiocarbonyl (C=S) groups is 1. The van der Waals surface area contributed by atoms with Gasteiger partial charge in [0.15, 0.2) is 5.11 Å². The number of nitrogens with one attached hydrogen (secondary N) is 1. The van der Waals surface area contributed by atoms with Gasteiger partial charge in [-0.1, -0.05) is 6.07 Å². The summed E-state index contributed by atoms with van der Waals surface area (Å²) in [6.07, 6.45) is 7.55. The Kier molecular flexibility index (Phi) is 5.33. The third kappa shape index (κ3) is 3.61. The SMILES string of the molecule is CN(C)c1ccc(N2C(=S)N[C@@H](c3ccccn3)[C@H]2c2cccn2-c2cccnc2)cc1. The Morgan fingerprint density at radius 1 is 0.906 bits per heavy atom. The Morgan fingerprint density at radius 3 is 2.44 bits per heavy atom. The number of nitrogens with zero attached hydrogens (tertiary/aromatic N) is 5. The van der Waals surface area contributed by atoms with Gasteiger partial charge in [0.2, 0.25) is 0 Å². The standard InChI is InChI=1S/C25H24N6S/c1-29(2)18-10-12-19(13-11-18)31-24(23(28-25(31)32)21-8-3-4-15-27-21)22-9-6-16-30(22)20-7-5-14-26-17-20/h3-17,23-24H,1-2H3,(H,28,32)/t23-,24+/m0/s1. The van der Waals surface area contributed by atoms with Crippen molar-refractivity contribution < 1.29 is 0 Å². The number of aromatic nitrogens is 3. The summed E-state index contributed by atoms with van der Waals surface area (Å²) in [4.78, 5) is 13.2. The molecule has 5 rings (SSSR count). The van der Waals surface area contributed by atoms with Gasteiger partial charge in [-0.15, -0.1) is 0 Å². The molecule has 0 unspecified atom stereocenters. The first-order valence-corrected chi connectivity index (χ1v) is 10.9. The van der Waals surface area contributed by atoms with Crippen LogP contribution in [-0.2, 0) is 0 Å². The number of rotatable bonds is 5. The van der Waals surface area contributed by atoms with Crippen LogP contribution in [0.1, 0.15) is 23.5 Å². The molecule has 32 heavy (non-hydrogen) atoms. The third-order valence-electron chi connectivity index (χ3n) is 5.75. The highest BCUT2D eigenvalue weighted by Crippen LogP contribution is 2.42. The zero-order valence-electron chi connectivity index (χ0n) is 18.0. The fourth-order valence-electron chi connectivity index (χ4n) is 4.21. The zero-order chi connectivity index (χ0) is 22.1. The lowest BCUT2D eigenvalue weighted by molar-refractivity contribution is 0.549. The van der Waals surface area contributed by atoms with Gasteiger partial charge in [-0.25, -0.2) is 0 Å². The highest BCUT2D eigenvalue weighted by Gasteiger charge is 2.42. The summed E-state index contributed by atoms with van der Waals surface area (Å²) in [7, 11) is 4.08. The lowest BCUT2D eigenvalue weighted by atomic mass is 10.0. The summed E-state index contributed by atoms with van der Waals surface area (Å²) in [5.74, 6) is 0. The molecule has 1 fully saturated rings. The van der Waals surface area contributed by atoms with Gasteiger partial charge >= 0.3 is 0 Å². The van der Waals surface area contributed by atoms with Crippen LogP contribution in [0.5, 0.6) is 0 Å². The molecule has 160 valence electrons. The fourth-order valence-corrected chi connectivity index (χ4v) is 4.56. The van der Waals surface area contributed by atoms with E-state index in [1.165, 1.54) is 0 Å². The van der Waals surface area contributed by atoms with Crippen LogP contribution in [0, 0.1) is 0 Å². The van der Waals surface area contributed by atoms with Crippen molar-refractivity contribution in [2.45, 2.75) is 12.1 Å². The minimum Gasteiger partial charge on any atom is -0.378 e. The maximum Gasteiger partial charge on any atom is 0.174 e. The van der Waals surface area contributed by atoms with Crippen molar-refractivity contribution in [2.24, 2.45) is 0 Å². The van der Waals surface area contributed by atoms with Gasteiger partial charge in [-0.3, -0.25) is 9.97 Å². The molecule has 1 aliphatic rings. The van der Waals surface area contributed by atoms with Gasteiger partial charge in [-0.05, 0) is 72.9 Å². The van der Waals surface area contributed by atoms with Crippen molar-refractivity contribution in [2.75, 3.05) is 23.9 Å². The average Bonchev–Trinajstić information content (AvgIpc) is 3.44. The monoisotopic (exact) mass is 440 g/mol. The second-order valence-electron chi connectivity index (χ2n) is 7.92. The van der Waals surface area contributed by atoms with E-state index in [0.717, 1.165) is 28.5 Å². The molecular formula is C25H24N6S. The van der Waals surface area contributed by atoms with Gasteiger partial charge in [-0.2, -0.15) is 0 Å². The Morgan fingerprint density at radius 2 is 1.75 bits per heavy atom. The quantitative estimate of drug-likeness (QED) is 0.461. The Labute approximate surface area is 193 Å². The fraction of sp³-hybridized carbons (Fsp3) is 0.160. The normalized spacial score (nSPS) is 17.9. The van der Waals surface area contributed by atoms with Crippen LogP contribution in [0.25, 0.3) is 5.69 Å². The Bertz CT molecular complexity index is 1200. The number of hydrogen-bond donors (Lipinski definition) is 1. The molecule has 1 aliphatic heterocycles. The first-order valence-electron chi connectivity index (χ1n) is 10.5. The van der Waals surface area contributed by atoms with E-state index in [0.29, 0.717) is 5.11 Å². The number of hydrogen-bond acceptors (Lipinski definition) is 4. The van der Waals surface area contributed by atoms with Crippen LogP contribution in [-0.4, -0.2) is 33.7 Å². The van der Waals surface area contributed by atoms with Crippen LogP contribution < -0.4 is 15.1 Å². The Balaban J connectivity index is 1.64. The maximum absolute atomic E-state index is 5.85. The molecule has 2 atom stereocenters. The molecule has 0 amide bonds. The molecule has 0 radical (unpaired) electrons. The van der Waals surface area contributed by atoms with Gasteiger partial charge in [0.05, 0.1) is 23.6 Å². The van der Waals surface area contributed by atoms with Crippen molar-refractivity contribution in [3.05, 3.63) is 103 Å². The second-order valence-corrected chi connectivity index (χ2v) is 8.31. The number of pyridine rings is 2. The van der Waals surface area contributed by atoms with Gasteiger partial charge in [0.25, 0.3) is 0 Å². The van der Waals surface area contributed by atoms with Crippen molar-refractivity contribution >= 4 is 28.7 Å². The lowest BCUT2D eigenvalue weighted by Crippen LogP contribution is -2.30. The molecule has 6 nitrogen and oxygen atoms in total. The van der Waals surface area contributed by atoms with E-state index in [1.54, 1.807) is 6.20 Å². The van der Waals surface area contributed by atoms with E-state index in [1.807, 2.05) is 50.8 Å². The smallest absolute Gasteiger partial charge is 0.174 e. The lowest BCUT2D eigenvalue weighted by Gasteiger charge is -2.29. The van der Waals surface area contributed by atoms with Gasteiger partial charge < -0.3 is 19.7 Å². The molecule has 3 aromatic heterocycles. The molecule has 0 spiro atoms. The van der Waals surface area contributed by atoms with Crippen LogP contribution in [0.15, 0.2) is 91.5 Å². The van der Waals surface area contributed by atoms with Crippen molar-refractivity contribution in [1.82, 2.24) is 19.9 Å². The van der Waals surface area contributed by atoms with E-state index in [4.69, 9.17) is 12.2 Å². The minimum atomic E-state index is -0.0949. The second kappa shape index (κ2) is 8.43. The molecule has 1 saturated heterocycles. The molecule has 0 bridgehead atoms. The van der Waals surface area contributed by atoms with Gasteiger partial charge in [0, 0.05) is 49.8 Å². The van der Waals surface area contributed by atoms with E-state index in [-0.39, 0.29) is 12.1 Å². The summed E-state index contributed by atoms with van der Waals surface area (Å²) in [5, 5.41) is 4.21. The largest absolute Gasteiger partial charge is 0.378 e. The number of benzene rings is 1. The van der Waals surface area contributed by atoms with Crippen LogP contribution in [0.4, 0.5) is 11.4 Å². The maximum atomic E-state index is 5.85. The Hall–Kier alpha value is -3.71. The summed E-state index contributed by atoms with van der Waals surface area (Å²) < 4.78 is 2.17. The molecular weight excluding hydrogens is 416 g/mol. The topological polar surface area (TPSA) is 49.2 Å². The molecule has 0 aliphatic carbocycles. The van der Waals surface area contributed by atoms with Gasteiger partial charge in [0.1, 0.15) is 6.04 Å². The zero-order valence-corrected chi connectivity index (χ0v) is 18.8. The third-order valence-corrected chi connectivity index (χ3v) is 6.06. The van der Waals surface area contributed by atoms with Crippen molar-refractivity contribution in [3.63, 3.8) is 0 Å². The van der Waals surface area contributed by atoms with Crippen LogP contribution in [0.3, 0.4) is 0 Å². The van der Waals surface area contributed by atoms with Crippen LogP contribution in [0.2, 0.25) is 0 Å². The van der Waals surface area contributed by atoms with E-state index in [9.17, 15) is 0 Å². The molecule has 0 saturated carbocycles. The highest BCUT2D eigenvalue weighted by atomic mass is 32.1. The molecule has 1 aromatic carbocycles. The summed E-state index contributed by atoms with van der Waals surface area (Å²) >= 11 is 5.85. The van der Waals surface area contributed by atoms with Crippen molar-refractivity contribution in [3.8, 4) is 5.69 Å². The van der Waals surface area contributed by atoms with Crippen molar-refractivity contribution in [1.29, 1.82) is 0 Å². The summed E-state index contributed by atoms with van der Waals surface area (Å²) in [6.45, 7) is 0. The predicted molar refractivity (Wildman–Crippen MR) is 132 cm³/mol. The minimum absolute atomic E-state index is 0.0854. The van der Waals surface area contributed by atoms with E-state index < -0.39 is 0 Å². The van der Waals surface area contributed by atoms with E-state index >= 15 is 0 Å². The summed E-state index contributed by atoms with van der Waals surface area (Å²) in [6, 6.07) is 22.5. The van der Waals surface area contributed by atoms with Crippen LogP contribution >= 0.6 is 12.2 Å².